The Balaban J connectivity index is 2.13. The second kappa shape index (κ2) is 8.51. The summed E-state index contributed by atoms with van der Waals surface area (Å²) < 4.78 is 0. The summed E-state index contributed by atoms with van der Waals surface area (Å²) in [5.41, 5.74) is 0.586. The van der Waals surface area contributed by atoms with Gasteiger partial charge in [0.2, 0.25) is 0 Å². The number of aromatic nitrogens is 1. The molecule has 2 rings (SSSR count). The number of carboxylic acid groups (broad SMARTS) is 1. The summed E-state index contributed by atoms with van der Waals surface area (Å²) in [4.78, 5) is 29.4. The van der Waals surface area contributed by atoms with E-state index in [4.69, 9.17) is 5.11 Å². The summed E-state index contributed by atoms with van der Waals surface area (Å²) in [5, 5.41) is 8.97. The highest BCUT2D eigenvalue weighted by molar-refractivity contribution is 5.94. The Bertz CT molecular complexity index is 482. The average Bonchev–Trinajstić information content (AvgIpc) is 2.49. The van der Waals surface area contributed by atoms with Gasteiger partial charge >= 0.3 is 5.97 Å². The lowest BCUT2D eigenvalue weighted by molar-refractivity contribution is -0.137. The number of hydrogen-bond acceptors (Lipinski definition) is 3. The molecule has 0 aliphatic heterocycles. The van der Waals surface area contributed by atoms with Crippen molar-refractivity contribution in [3.8, 4) is 0 Å². The van der Waals surface area contributed by atoms with E-state index >= 15 is 0 Å². The first kappa shape index (κ1) is 16.5. The SMILES string of the molecule is O=C(O)CCN(C(=O)c1ccncc1)C1CCCCCCC1. The van der Waals surface area contributed by atoms with Crippen LogP contribution in [0.25, 0.3) is 0 Å². The molecule has 1 fully saturated rings. The summed E-state index contributed by atoms with van der Waals surface area (Å²) in [7, 11) is 0. The molecule has 1 aromatic rings. The molecule has 0 unspecified atom stereocenters. The van der Waals surface area contributed by atoms with E-state index in [-0.39, 0.29) is 24.9 Å². The van der Waals surface area contributed by atoms with Crippen molar-refractivity contribution in [3.05, 3.63) is 30.1 Å². The summed E-state index contributed by atoms with van der Waals surface area (Å²) in [5.74, 6) is -0.937. The average molecular weight is 304 g/mol. The van der Waals surface area contributed by atoms with Gasteiger partial charge < -0.3 is 10.0 Å². The summed E-state index contributed by atoms with van der Waals surface area (Å²) in [6.07, 6.45) is 11.0. The van der Waals surface area contributed by atoms with E-state index in [9.17, 15) is 9.59 Å². The molecular formula is C17H24N2O3. The lowest BCUT2D eigenvalue weighted by Crippen LogP contribution is -2.42. The molecule has 1 aromatic heterocycles. The maximum Gasteiger partial charge on any atom is 0.305 e. The minimum atomic E-state index is -0.863. The molecule has 0 bridgehead atoms. The molecule has 0 spiro atoms. The molecular weight excluding hydrogens is 280 g/mol. The molecule has 1 saturated carbocycles. The van der Waals surface area contributed by atoms with Crippen molar-refractivity contribution in [2.45, 2.75) is 57.4 Å². The van der Waals surface area contributed by atoms with E-state index in [1.54, 1.807) is 29.4 Å². The first-order chi connectivity index (χ1) is 10.7. The van der Waals surface area contributed by atoms with E-state index in [0.717, 1.165) is 25.7 Å². The van der Waals surface area contributed by atoms with Gasteiger partial charge in [-0.1, -0.05) is 32.1 Å². The van der Waals surface area contributed by atoms with Crippen molar-refractivity contribution in [2.75, 3.05) is 6.54 Å². The maximum absolute atomic E-state index is 12.8. The standard InChI is InChI=1S/C17H24N2O3/c20-16(21)10-13-19(15-6-4-2-1-3-5-7-15)17(22)14-8-11-18-12-9-14/h8-9,11-12,15H,1-7,10,13H2,(H,20,21). The number of pyridine rings is 1. The van der Waals surface area contributed by atoms with Gasteiger partial charge in [-0.2, -0.15) is 0 Å². The zero-order valence-corrected chi connectivity index (χ0v) is 12.9. The summed E-state index contributed by atoms with van der Waals surface area (Å²) in [6.45, 7) is 0.279. The van der Waals surface area contributed by atoms with Gasteiger partial charge in [-0.3, -0.25) is 14.6 Å². The molecule has 0 aromatic carbocycles. The Morgan fingerprint density at radius 2 is 1.68 bits per heavy atom. The first-order valence-electron chi connectivity index (χ1n) is 8.11. The van der Waals surface area contributed by atoms with Crippen LogP contribution < -0.4 is 0 Å². The van der Waals surface area contributed by atoms with Gasteiger partial charge in [-0.15, -0.1) is 0 Å². The number of aliphatic carboxylic acids is 1. The van der Waals surface area contributed by atoms with Crippen molar-refractivity contribution >= 4 is 11.9 Å². The van der Waals surface area contributed by atoms with Crippen LogP contribution in [0.4, 0.5) is 0 Å². The second-order valence-electron chi connectivity index (χ2n) is 5.88. The van der Waals surface area contributed by atoms with Crippen LogP contribution in [0.5, 0.6) is 0 Å². The molecule has 1 aliphatic rings. The Hall–Kier alpha value is -1.91. The van der Waals surface area contributed by atoms with Gasteiger partial charge in [-0.05, 0) is 25.0 Å². The third-order valence-electron chi connectivity index (χ3n) is 4.27. The monoisotopic (exact) mass is 304 g/mol. The number of amides is 1. The zero-order valence-electron chi connectivity index (χ0n) is 12.9. The molecule has 0 saturated heterocycles. The highest BCUT2D eigenvalue weighted by Crippen LogP contribution is 2.23. The molecule has 1 heterocycles. The molecule has 1 amide bonds. The topological polar surface area (TPSA) is 70.5 Å². The number of hydrogen-bond donors (Lipinski definition) is 1. The normalized spacial score (nSPS) is 16.5. The minimum absolute atomic E-state index is 0.00662. The smallest absolute Gasteiger partial charge is 0.305 e. The summed E-state index contributed by atoms with van der Waals surface area (Å²) in [6, 6.07) is 3.54. The molecule has 0 radical (unpaired) electrons. The molecule has 1 N–H and O–H groups in total. The third kappa shape index (κ3) is 4.83. The lowest BCUT2D eigenvalue weighted by Gasteiger charge is -2.33. The predicted molar refractivity (Wildman–Crippen MR) is 83.6 cm³/mol. The molecule has 22 heavy (non-hydrogen) atoms. The quantitative estimate of drug-likeness (QED) is 0.907. The molecule has 5 nitrogen and oxygen atoms in total. The maximum atomic E-state index is 12.8. The molecule has 0 atom stereocenters. The fourth-order valence-electron chi connectivity index (χ4n) is 3.07. The van der Waals surface area contributed by atoms with Crippen LogP contribution in [-0.2, 0) is 4.79 Å². The Kier molecular flexibility index (Phi) is 6.37. The Labute approximate surface area is 131 Å². The van der Waals surface area contributed by atoms with E-state index in [0.29, 0.717) is 5.56 Å². The van der Waals surface area contributed by atoms with Crippen LogP contribution in [0.3, 0.4) is 0 Å². The molecule has 120 valence electrons. The number of rotatable bonds is 5. The lowest BCUT2D eigenvalue weighted by atomic mass is 9.95. The van der Waals surface area contributed by atoms with Crippen molar-refractivity contribution in [3.63, 3.8) is 0 Å². The van der Waals surface area contributed by atoms with Gasteiger partial charge in [0, 0.05) is 30.5 Å². The Morgan fingerprint density at radius 1 is 1.09 bits per heavy atom. The number of nitrogens with zero attached hydrogens (tertiary/aromatic N) is 2. The molecule has 5 heteroatoms. The largest absolute Gasteiger partial charge is 0.481 e. The van der Waals surface area contributed by atoms with Gasteiger partial charge in [0.25, 0.3) is 5.91 Å². The predicted octanol–water partition coefficient (Wildman–Crippen LogP) is 3.11. The van der Waals surface area contributed by atoms with Crippen molar-refractivity contribution in [1.82, 2.24) is 9.88 Å². The number of carbonyl (C=O) groups excluding carboxylic acids is 1. The van der Waals surface area contributed by atoms with Crippen LogP contribution in [0.1, 0.15) is 61.7 Å². The van der Waals surface area contributed by atoms with Crippen LogP contribution in [0.2, 0.25) is 0 Å². The van der Waals surface area contributed by atoms with Gasteiger partial charge in [0.15, 0.2) is 0 Å². The van der Waals surface area contributed by atoms with Crippen LogP contribution in [-0.4, -0.2) is 39.5 Å². The summed E-state index contributed by atoms with van der Waals surface area (Å²) >= 11 is 0. The van der Waals surface area contributed by atoms with Crippen LogP contribution >= 0.6 is 0 Å². The van der Waals surface area contributed by atoms with Gasteiger partial charge in [0.1, 0.15) is 0 Å². The van der Waals surface area contributed by atoms with Crippen molar-refractivity contribution < 1.29 is 14.7 Å². The highest BCUT2D eigenvalue weighted by atomic mass is 16.4. The number of carboxylic acids is 1. The van der Waals surface area contributed by atoms with E-state index < -0.39 is 5.97 Å². The van der Waals surface area contributed by atoms with Crippen LogP contribution in [0, 0.1) is 0 Å². The van der Waals surface area contributed by atoms with Crippen molar-refractivity contribution in [2.24, 2.45) is 0 Å². The van der Waals surface area contributed by atoms with Crippen molar-refractivity contribution in [1.29, 1.82) is 0 Å². The number of carbonyl (C=O) groups is 2. The van der Waals surface area contributed by atoms with Gasteiger partial charge in [0.05, 0.1) is 6.42 Å². The van der Waals surface area contributed by atoms with E-state index in [1.807, 2.05) is 0 Å². The Morgan fingerprint density at radius 3 is 2.27 bits per heavy atom. The third-order valence-corrected chi connectivity index (χ3v) is 4.27. The fraction of sp³-hybridized carbons (Fsp3) is 0.588. The fourth-order valence-corrected chi connectivity index (χ4v) is 3.07. The highest BCUT2D eigenvalue weighted by Gasteiger charge is 2.25. The van der Waals surface area contributed by atoms with E-state index in [2.05, 4.69) is 4.98 Å². The van der Waals surface area contributed by atoms with Gasteiger partial charge in [-0.25, -0.2) is 0 Å². The second-order valence-corrected chi connectivity index (χ2v) is 5.88. The molecule has 1 aliphatic carbocycles. The minimum Gasteiger partial charge on any atom is -0.481 e. The first-order valence-corrected chi connectivity index (χ1v) is 8.11. The van der Waals surface area contributed by atoms with Crippen LogP contribution in [0.15, 0.2) is 24.5 Å². The zero-order chi connectivity index (χ0) is 15.8. The van der Waals surface area contributed by atoms with E-state index in [1.165, 1.54) is 19.3 Å².